The molecule has 0 heterocycles. The van der Waals surface area contributed by atoms with E-state index in [1.807, 2.05) is 45.0 Å². The van der Waals surface area contributed by atoms with Crippen molar-refractivity contribution < 1.29 is 13.3 Å². The molecule has 5 heteroatoms. The highest BCUT2D eigenvalue weighted by Crippen LogP contribution is 2.22. The molecule has 0 spiro atoms. The summed E-state index contributed by atoms with van der Waals surface area (Å²) in [5, 5.41) is 3.63. The first-order chi connectivity index (χ1) is 11.2. The molecular weight excluding hydrogens is 306 g/mol. The fraction of sp³-hybridized carbons (Fsp3) is 0.556. The van der Waals surface area contributed by atoms with Crippen LogP contribution >= 0.6 is 0 Å². The normalized spacial score (nSPS) is 14.4. The molecule has 0 bridgehead atoms. The molecule has 1 rings (SSSR count). The molecule has 0 amide bonds. The third-order valence-corrected chi connectivity index (χ3v) is 7.15. The van der Waals surface area contributed by atoms with Crippen molar-refractivity contribution in [2.45, 2.75) is 45.8 Å². The summed E-state index contributed by atoms with van der Waals surface area (Å²) < 4.78 is 18.1. The Morgan fingerprint density at radius 3 is 1.91 bits per heavy atom. The summed E-state index contributed by atoms with van der Waals surface area (Å²) in [5.74, 6) is 0. The lowest BCUT2D eigenvalue weighted by atomic mass is 10.1. The minimum absolute atomic E-state index is 0.0190. The minimum Gasteiger partial charge on any atom is -0.373 e. The predicted molar refractivity (Wildman–Crippen MR) is 97.2 cm³/mol. The van der Waals surface area contributed by atoms with E-state index >= 15 is 0 Å². The van der Waals surface area contributed by atoms with Crippen LogP contribution in [0.5, 0.6) is 0 Å². The zero-order valence-corrected chi connectivity index (χ0v) is 15.9. The summed E-state index contributed by atoms with van der Waals surface area (Å²) in [4.78, 5) is 0. The second-order valence-electron chi connectivity index (χ2n) is 5.15. The van der Waals surface area contributed by atoms with Gasteiger partial charge in [-0.2, -0.15) is 0 Å². The van der Waals surface area contributed by atoms with Crippen LogP contribution in [0.1, 0.15) is 45.7 Å². The van der Waals surface area contributed by atoms with E-state index in [1.54, 1.807) is 0 Å². The second-order valence-corrected chi connectivity index (χ2v) is 7.92. The second kappa shape index (κ2) is 10.7. The maximum absolute atomic E-state index is 6.04. The van der Waals surface area contributed by atoms with Gasteiger partial charge >= 0.3 is 8.80 Å². The number of hydrogen-bond donors (Lipinski definition) is 1. The maximum atomic E-state index is 6.04. The van der Waals surface area contributed by atoms with Crippen LogP contribution in [0.15, 0.2) is 43.0 Å². The van der Waals surface area contributed by atoms with Crippen molar-refractivity contribution in [2.75, 3.05) is 19.8 Å². The number of hydrogen-bond acceptors (Lipinski definition) is 4. The standard InChI is InChI=1S/C18H31NO3Si/c1-6-17(16-14-12-11-13-15-16)19-18(7-2)23(20-8-3,21-9-4)22-10-5/h6,11-15,17-19H,1,7-10H2,2-5H3. The van der Waals surface area contributed by atoms with E-state index in [0.717, 1.165) is 6.42 Å². The van der Waals surface area contributed by atoms with Gasteiger partial charge in [0, 0.05) is 19.8 Å². The van der Waals surface area contributed by atoms with Crippen molar-refractivity contribution in [3.63, 3.8) is 0 Å². The van der Waals surface area contributed by atoms with Gasteiger partial charge in [-0.1, -0.05) is 43.3 Å². The molecule has 0 aliphatic rings. The predicted octanol–water partition coefficient (Wildman–Crippen LogP) is 3.87. The molecule has 0 aromatic heterocycles. The van der Waals surface area contributed by atoms with Gasteiger partial charge in [-0.05, 0) is 32.8 Å². The van der Waals surface area contributed by atoms with Gasteiger partial charge in [0.15, 0.2) is 0 Å². The quantitative estimate of drug-likeness (QED) is 0.464. The SMILES string of the molecule is C=CC(NC(CC)[Si](OCC)(OCC)OCC)c1ccccc1. The number of nitrogens with one attached hydrogen (secondary N) is 1. The first-order valence-electron chi connectivity index (χ1n) is 8.52. The molecular formula is C18H31NO3Si. The van der Waals surface area contributed by atoms with Crippen molar-refractivity contribution in [1.29, 1.82) is 0 Å². The highest BCUT2D eigenvalue weighted by atomic mass is 28.4. The van der Waals surface area contributed by atoms with Gasteiger partial charge in [0.05, 0.1) is 11.7 Å². The van der Waals surface area contributed by atoms with Crippen LogP contribution in [0, 0.1) is 0 Å². The third-order valence-electron chi connectivity index (χ3n) is 3.65. The highest BCUT2D eigenvalue weighted by Gasteiger charge is 2.49. The molecule has 23 heavy (non-hydrogen) atoms. The van der Waals surface area contributed by atoms with Gasteiger partial charge in [-0.15, -0.1) is 6.58 Å². The Labute approximate surface area is 142 Å². The fourth-order valence-corrected chi connectivity index (χ4v) is 5.62. The van der Waals surface area contributed by atoms with Crippen LogP contribution in [0.2, 0.25) is 0 Å². The van der Waals surface area contributed by atoms with E-state index in [-0.39, 0.29) is 11.7 Å². The van der Waals surface area contributed by atoms with E-state index in [2.05, 4.69) is 31.0 Å². The van der Waals surface area contributed by atoms with Gasteiger partial charge < -0.3 is 13.3 Å². The van der Waals surface area contributed by atoms with E-state index in [0.29, 0.717) is 19.8 Å². The van der Waals surface area contributed by atoms with Crippen molar-refractivity contribution >= 4 is 8.80 Å². The molecule has 0 saturated carbocycles. The van der Waals surface area contributed by atoms with Crippen LogP contribution in [0.4, 0.5) is 0 Å². The molecule has 1 N–H and O–H groups in total. The summed E-state index contributed by atoms with van der Waals surface area (Å²) in [6, 6.07) is 10.3. The molecule has 0 aliphatic heterocycles. The average molecular weight is 338 g/mol. The Morgan fingerprint density at radius 2 is 1.52 bits per heavy atom. The average Bonchev–Trinajstić information content (AvgIpc) is 2.57. The van der Waals surface area contributed by atoms with Gasteiger partial charge in [0.2, 0.25) is 0 Å². The highest BCUT2D eigenvalue weighted by molar-refractivity contribution is 6.62. The van der Waals surface area contributed by atoms with Gasteiger partial charge in [-0.25, -0.2) is 0 Å². The largest absolute Gasteiger partial charge is 0.518 e. The minimum atomic E-state index is -2.80. The van der Waals surface area contributed by atoms with Gasteiger partial charge in [-0.3, -0.25) is 5.32 Å². The van der Waals surface area contributed by atoms with E-state index in [1.165, 1.54) is 5.56 Å². The monoisotopic (exact) mass is 337 g/mol. The maximum Gasteiger partial charge on any atom is 0.518 e. The summed E-state index contributed by atoms with van der Waals surface area (Å²) in [5.41, 5.74) is 1.19. The molecule has 0 saturated heterocycles. The molecule has 2 unspecified atom stereocenters. The Kier molecular flexibility index (Phi) is 9.36. The Bertz CT molecular complexity index is 424. The van der Waals surface area contributed by atoms with E-state index in [9.17, 15) is 0 Å². The molecule has 1 aromatic rings. The zero-order valence-electron chi connectivity index (χ0n) is 14.9. The van der Waals surface area contributed by atoms with Crippen molar-refractivity contribution in [3.8, 4) is 0 Å². The van der Waals surface area contributed by atoms with Crippen molar-refractivity contribution in [2.24, 2.45) is 0 Å². The van der Waals surface area contributed by atoms with Crippen molar-refractivity contribution in [1.82, 2.24) is 5.32 Å². The summed E-state index contributed by atoms with van der Waals surface area (Å²) >= 11 is 0. The lowest BCUT2D eigenvalue weighted by molar-refractivity contribution is 0.0564. The van der Waals surface area contributed by atoms with Crippen LogP contribution < -0.4 is 5.32 Å². The van der Waals surface area contributed by atoms with Crippen LogP contribution in [-0.2, 0) is 13.3 Å². The Balaban J connectivity index is 3.02. The zero-order chi connectivity index (χ0) is 17.1. The summed E-state index contributed by atoms with van der Waals surface area (Å²) in [7, 11) is -2.80. The Morgan fingerprint density at radius 1 is 1.00 bits per heavy atom. The Hall–Kier alpha value is -0.983. The fourth-order valence-electron chi connectivity index (χ4n) is 2.68. The van der Waals surface area contributed by atoms with Crippen molar-refractivity contribution in [3.05, 3.63) is 48.6 Å². The van der Waals surface area contributed by atoms with Gasteiger partial charge in [0.1, 0.15) is 0 Å². The first kappa shape index (κ1) is 20.1. The third kappa shape index (κ3) is 5.55. The summed E-state index contributed by atoms with van der Waals surface area (Å²) in [6.07, 6.45) is 2.78. The molecule has 0 fully saturated rings. The smallest absolute Gasteiger partial charge is 0.373 e. The lowest BCUT2D eigenvalue weighted by Crippen LogP contribution is -2.62. The number of rotatable bonds is 12. The summed E-state index contributed by atoms with van der Waals surface area (Å²) in [6.45, 7) is 13.8. The molecule has 1 aromatic carbocycles. The van der Waals surface area contributed by atoms with E-state index in [4.69, 9.17) is 13.3 Å². The molecule has 4 nitrogen and oxygen atoms in total. The van der Waals surface area contributed by atoms with Gasteiger partial charge in [0.25, 0.3) is 0 Å². The molecule has 0 radical (unpaired) electrons. The topological polar surface area (TPSA) is 39.7 Å². The van der Waals surface area contributed by atoms with Crippen LogP contribution in [0.25, 0.3) is 0 Å². The molecule has 130 valence electrons. The molecule has 2 atom stereocenters. The van der Waals surface area contributed by atoms with E-state index < -0.39 is 8.80 Å². The first-order valence-corrected chi connectivity index (χ1v) is 10.3. The lowest BCUT2D eigenvalue weighted by Gasteiger charge is -2.36. The molecule has 0 aliphatic carbocycles. The van der Waals surface area contributed by atoms with Crippen LogP contribution in [0.3, 0.4) is 0 Å². The van der Waals surface area contributed by atoms with Crippen LogP contribution in [-0.4, -0.2) is 34.3 Å². The number of benzene rings is 1.